The SMILES string of the molecule is NCc1ccc(Cl)cc1Oc1nc[nH]c(=O)c1Cl. The Labute approximate surface area is 113 Å². The zero-order valence-corrected chi connectivity index (χ0v) is 10.6. The number of nitrogens with zero attached hydrogens (tertiary/aromatic N) is 1. The van der Waals surface area contributed by atoms with Crippen LogP contribution < -0.4 is 16.0 Å². The second-order valence-electron chi connectivity index (χ2n) is 3.41. The second-order valence-corrected chi connectivity index (χ2v) is 4.22. The van der Waals surface area contributed by atoms with E-state index in [4.69, 9.17) is 33.7 Å². The summed E-state index contributed by atoms with van der Waals surface area (Å²) in [5.41, 5.74) is 5.84. The van der Waals surface area contributed by atoms with Crippen LogP contribution in [0, 0.1) is 0 Å². The number of hydrogen-bond donors (Lipinski definition) is 2. The summed E-state index contributed by atoms with van der Waals surface area (Å²) in [7, 11) is 0. The van der Waals surface area contributed by atoms with Crippen LogP contribution in [-0.4, -0.2) is 9.97 Å². The number of aromatic nitrogens is 2. The standard InChI is InChI=1S/C11H9Cl2N3O2/c12-7-2-1-6(4-14)8(3-7)18-11-9(13)10(17)15-5-16-11/h1-3,5H,4,14H2,(H,15,16,17). The molecule has 2 rings (SSSR count). The highest BCUT2D eigenvalue weighted by Crippen LogP contribution is 2.29. The summed E-state index contributed by atoms with van der Waals surface area (Å²) in [6.07, 6.45) is 1.20. The van der Waals surface area contributed by atoms with Crippen molar-refractivity contribution in [1.29, 1.82) is 0 Å². The van der Waals surface area contributed by atoms with Gasteiger partial charge < -0.3 is 15.5 Å². The summed E-state index contributed by atoms with van der Waals surface area (Å²) in [6.45, 7) is 0.271. The molecule has 18 heavy (non-hydrogen) atoms. The minimum atomic E-state index is -0.474. The Morgan fingerprint density at radius 3 is 2.89 bits per heavy atom. The van der Waals surface area contributed by atoms with E-state index in [1.54, 1.807) is 18.2 Å². The molecule has 7 heteroatoms. The third-order valence-electron chi connectivity index (χ3n) is 2.22. The van der Waals surface area contributed by atoms with Gasteiger partial charge in [-0.25, -0.2) is 4.98 Å². The van der Waals surface area contributed by atoms with Gasteiger partial charge in [0.25, 0.3) is 5.56 Å². The van der Waals surface area contributed by atoms with E-state index < -0.39 is 5.56 Å². The largest absolute Gasteiger partial charge is 0.437 e. The van der Waals surface area contributed by atoms with E-state index in [-0.39, 0.29) is 17.4 Å². The molecule has 1 aromatic heterocycles. The predicted octanol–water partition coefficient (Wildman–Crippen LogP) is 2.33. The molecule has 1 heterocycles. The van der Waals surface area contributed by atoms with Gasteiger partial charge in [-0.3, -0.25) is 4.79 Å². The molecular weight excluding hydrogens is 277 g/mol. The Bertz CT molecular complexity index is 628. The van der Waals surface area contributed by atoms with Gasteiger partial charge in [0.1, 0.15) is 5.75 Å². The van der Waals surface area contributed by atoms with Crippen molar-refractivity contribution in [2.45, 2.75) is 6.54 Å². The van der Waals surface area contributed by atoms with E-state index in [0.717, 1.165) is 5.56 Å². The molecule has 0 bridgehead atoms. The van der Waals surface area contributed by atoms with Crippen molar-refractivity contribution in [3.05, 3.63) is 50.5 Å². The number of ether oxygens (including phenoxy) is 1. The fourth-order valence-electron chi connectivity index (χ4n) is 1.33. The lowest BCUT2D eigenvalue weighted by Crippen LogP contribution is -2.08. The first-order chi connectivity index (χ1) is 8.61. The van der Waals surface area contributed by atoms with Crippen LogP contribution in [0.15, 0.2) is 29.3 Å². The van der Waals surface area contributed by atoms with E-state index in [9.17, 15) is 4.79 Å². The van der Waals surface area contributed by atoms with Gasteiger partial charge in [-0.15, -0.1) is 0 Å². The summed E-state index contributed by atoms with van der Waals surface area (Å²) in [6, 6.07) is 5.02. The van der Waals surface area contributed by atoms with Gasteiger partial charge in [0.15, 0.2) is 5.02 Å². The van der Waals surface area contributed by atoms with Gasteiger partial charge in [-0.1, -0.05) is 29.3 Å². The summed E-state index contributed by atoms with van der Waals surface area (Å²) >= 11 is 11.7. The minimum Gasteiger partial charge on any atom is -0.437 e. The molecule has 0 unspecified atom stereocenters. The molecular formula is C11H9Cl2N3O2. The van der Waals surface area contributed by atoms with Gasteiger partial charge in [-0.2, -0.15) is 0 Å². The highest BCUT2D eigenvalue weighted by molar-refractivity contribution is 6.31. The smallest absolute Gasteiger partial charge is 0.273 e. The van der Waals surface area contributed by atoms with Crippen molar-refractivity contribution in [2.75, 3.05) is 0 Å². The Hall–Kier alpha value is -1.56. The van der Waals surface area contributed by atoms with Crippen molar-refractivity contribution in [2.24, 2.45) is 5.73 Å². The Morgan fingerprint density at radius 1 is 1.39 bits per heavy atom. The van der Waals surface area contributed by atoms with Gasteiger partial charge in [0, 0.05) is 17.1 Å². The quantitative estimate of drug-likeness (QED) is 0.907. The molecule has 0 spiro atoms. The van der Waals surface area contributed by atoms with Crippen LogP contribution in [-0.2, 0) is 6.54 Å². The number of aromatic amines is 1. The lowest BCUT2D eigenvalue weighted by molar-refractivity contribution is 0.455. The molecule has 0 amide bonds. The third kappa shape index (κ3) is 2.64. The number of nitrogens with one attached hydrogen (secondary N) is 1. The van der Waals surface area contributed by atoms with Crippen LogP contribution in [0.2, 0.25) is 10.0 Å². The van der Waals surface area contributed by atoms with Crippen LogP contribution >= 0.6 is 23.2 Å². The zero-order valence-electron chi connectivity index (χ0n) is 9.11. The first-order valence-electron chi connectivity index (χ1n) is 5.01. The maximum atomic E-state index is 11.3. The molecule has 0 fully saturated rings. The Balaban J connectivity index is 2.42. The number of H-pyrrole nitrogens is 1. The molecule has 0 atom stereocenters. The lowest BCUT2D eigenvalue weighted by Gasteiger charge is -2.09. The third-order valence-corrected chi connectivity index (χ3v) is 2.79. The summed E-state index contributed by atoms with van der Waals surface area (Å²) in [5.74, 6) is 0.433. The molecule has 0 aliphatic carbocycles. The molecule has 5 nitrogen and oxygen atoms in total. The van der Waals surface area contributed by atoms with Crippen molar-refractivity contribution < 1.29 is 4.74 Å². The first kappa shape index (κ1) is 12.9. The normalized spacial score (nSPS) is 10.4. The molecule has 0 aliphatic rings. The van der Waals surface area contributed by atoms with Crippen LogP contribution in [0.25, 0.3) is 0 Å². The number of nitrogens with two attached hydrogens (primary N) is 1. The van der Waals surface area contributed by atoms with E-state index in [0.29, 0.717) is 10.8 Å². The average Bonchev–Trinajstić information content (AvgIpc) is 2.35. The monoisotopic (exact) mass is 285 g/mol. The van der Waals surface area contributed by atoms with Crippen LogP contribution in [0.1, 0.15) is 5.56 Å². The Kier molecular flexibility index (Phi) is 3.86. The first-order valence-corrected chi connectivity index (χ1v) is 5.77. The molecule has 0 radical (unpaired) electrons. The zero-order chi connectivity index (χ0) is 13.1. The maximum Gasteiger partial charge on any atom is 0.273 e. The fourth-order valence-corrected chi connectivity index (χ4v) is 1.64. The summed E-state index contributed by atoms with van der Waals surface area (Å²) < 4.78 is 5.47. The number of hydrogen-bond acceptors (Lipinski definition) is 4. The average molecular weight is 286 g/mol. The second kappa shape index (κ2) is 5.39. The number of benzene rings is 1. The van der Waals surface area contributed by atoms with Crippen LogP contribution in [0.4, 0.5) is 0 Å². The number of halogens is 2. The molecule has 3 N–H and O–H groups in total. The topological polar surface area (TPSA) is 81.0 Å². The van der Waals surface area contributed by atoms with Gasteiger partial charge in [0.2, 0.25) is 5.88 Å². The molecule has 0 saturated carbocycles. The van der Waals surface area contributed by atoms with E-state index in [1.165, 1.54) is 6.33 Å². The number of rotatable bonds is 3. The van der Waals surface area contributed by atoms with Crippen molar-refractivity contribution in [1.82, 2.24) is 9.97 Å². The lowest BCUT2D eigenvalue weighted by atomic mass is 10.2. The molecule has 94 valence electrons. The van der Waals surface area contributed by atoms with Crippen LogP contribution in [0.5, 0.6) is 11.6 Å². The highest BCUT2D eigenvalue weighted by atomic mass is 35.5. The van der Waals surface area contributed by atoms with Gasteiger partial charge in [0.05, 0.1) is 6.33 Å². The predicted molar refractivity (Wildman–Crippen MR) is 69.3 cm³/mol. The van der Waals surface area contributed by atoms with Crippen molar-refractivity contribution in [3.63, 3.8) is 0 Å². The summed E-state index contributed by atoms with van der Waals surface area (Å²) in [5, 5.41) is 0.364. The van der Waals surface area contributed by atoms with Crippen molar-refractivity contribution >= 4 is 23.2 Å². The van der Waals surface area contributed by atoms with Crippen LogP contribution in [0.3, 0.4) is 0 Å². The van der Waals surface area contributed by atoms with E-state index in [1.807, 2.05) is 0 Å². The van der Waals surface area contributed by atoms with Crippen molar-refractivity contribution in [3.8, 4) is 11.6 Å². The van der Waals surface area contributed by atoms with E-state index in [2.05, 4.69) is 9.97 Å². The molecule has 0 saturated heterocycles. The maximum absolute atomic E-state index is 11.3. The fraction of sp³-hybridized carbons (Fsp3) is 0.0909. The highest BCUT2D eigenvalue weighted by Gasteiger charge is 2.11. The molecule has 1 aromatic carbocycles. The minimum absolute atomic E-state index is 0.0115. The Morgan fingerprint density at radius 2 is 2.17 bits per heavy atom. The van der Waals surface area contributed by atoms with Gasteiger partial charge in [-0.05, 0) is 12.1 Å². The van der Waals surface area contributed by atoms with Gasteiger partial charge >= 0.3 is 0 Å². The molecule has 0 aliphatic heterocycles. The molecule has 2 aromatic rings. The van der Waals surface area contributed by atoms with E-state index >= 15 is 0 Å². The summed E-state index contributed by atoms with van der Waals surface area (Å²) in [4.78, 5) is 17.5.